The molecule has 1 aromatic carbocycles. The van der Waals surface area contributed by atoms with Crippen molar-refractivity contribution in [3.63, 3.8) is 0 Å². The standard InChI is InChI=1S/C18H23BrN2O5/c1-11(2)15(20-16(22)12-4-6-13(19)7-5-12)17(23)21-8-9-26-10-14(21)18(24)25-3/h4-7,11,14-15H,8-10H2,1-3H3,(H,20,22)/t14-,15-/m0/s1. The third-order valence-corrected chi connectivity index (χ3v) is 4.74. The number of amides is 2. The van der Waals surface area contributed by atoms with E-state index in [0.717, 1.165) is 4.47 Å². The summed E-state index contributed by atoms with van der Waals surface area (Å²) in [4.78, 5) is 38.9. The van der Waals surface area contributed by atoms with E-state index < -0.39 is 18.1 Å². The first-order valence-electron chi connectivity index (χ1n) is 8.37. The van der Waals surface area contributed by atoms with E-state index in [9.17, 15) is 14.4 Å². The number of esters is 1. The molecule has 0 aromatic heterocycles. The summed E-state index contributed by atoms with van der Waals surface area (Å²) in [5.74, 6) is -1.33. The van der Waals surface area contributed by atoms with Gasteiger partial charge in [-0.1, -0.05) is 29.8 Å². The zero-order valence-electron chi connectivity index (χ0n) is 15.0. The van der Waals surface area contributed by atoms with Gasteiger partial charge in [-0.25, -0.2) is 4.79 Å². The molecule has 0 aliphatic carbocycles. The molecule has 1 N–H and O–H groups in total. The fourth-order valence-electron chi connectivity index (χ4n) is 2.72. The number of benzene rings is 1. The summed E-state index contributed by atoms with van der Waals surface area (Å²) in [5.41, 5.74) is 0.457. The quantitative estimate of drug-likeness (QED) is 0.722. The lowest BCUT2D eigenvalue weighted by Crippen LogP contribution is -2.59. The molecule has 2 rings (SSSR count). The maximum Gasteiger partial charge on any atom is 0.331 e. The van der Waals surface area contributed by atoms with E-state index in [-0.39, 0.29) is 30.9 Å². The maximum absolute atomic E-state index is 13.0. The van der Waals surface area contributed by atoms with Crippen LogP contribution in [-0.2, 0) is 19.1 Å². The van der Waals surface area contributed by atoms with E-state index in [1.165, 1.54) is 12.0 Å². The van der Waals surface area contributed by atoms with Crippen LogP contribution in [0.3, 0.4) is 0 Å². The van der Waals surface area contributed by atoms with Gasteiger partial charge in [-0.05, 0) is 30.2 Å². The Labute approximate surface area is 161 Å². The Kier molecular flexibility index (Phi) is 7.16. The predicted molar refractivity (Wildman–Crippen MR) is 98.6 cm³/mol. The van der Waals surface area contributed by atoms with Crippen LogP contribution in [0.2, 0.25) is 0 Å². The van der Waals surface area contributed by atoms with Gasteiger partial charge in [0, 0.05) is 16.6 Å². The molecule has 1 aliphatic heterocycles. The summed E-state index contributed by atoms with van der Waals surface area (Å²) in [7, 11) is 1.27. The summed E-state index contributed by atoms with van der Waals surface area (Å²) in [6, 6.07) is 5.32. The van der Waals surface area contributed by atoms with E-state index in [4.69, 9.17) is 9.47 Å². The van der Waals surface area contributed by atoms with Crippen molar-refractivity contribution in [1.82, 2.24) is 10.2 Å². The van der Waals surface area contributed by atoms with Crippen LogP contribution >= 0.6 is 15.9 Å². The van der Waals surface area contributed by atoms with Crippen LogP contribution in [0.15, 0.2) is 28.7 Å². The predicted octanol–water partition coefficient (Wildman–Crippen LogP) is 1.60. The van der Waals surface area contributed by atoms with Gasteiger partial charge in [-0.15, -0.1) is 0 Å². The zero-order valence-corrected chi connectivity index (χ0v) is 16.6. The third kappa shape index (κ3) is 4.82. The van der Waals surface area contributed by atoms with Gasteiger partial charge in [-0.2, -0.15) is 0 Å². The number of nitrogens with one attached hydrogen (secondary N) is 1. The van der Waals surface area contributed by atoms with E-state index in [1.807, 2.05) is 13.8 Å². The molecular formula is C18H23BrN2O5. The van der Waals surface area contributed by atoms with Crippen molar-refractivity contribution >= 4 is 33.7 Å². The fraction of sp³-hybridized carbons (Fsp3) is 0.500. The molecular weight excluding hydrogens is 404 g/mol. The van der Waals surface area contributed by atoms with Crippen molar-refractivity contribution in [2.45, 2.75) is 25.9 Å². The number of morpholine rings is 1. The molecule has 0 spiro atoms. The molecule has 1 aliphatic rings. The van der Waals surface area contributed by atoms with Crippen molar-refractivity contribution in [2.24, 2.45) is 5.92 Å². The van der Waals surface area contributed by atoms with Crippen LogP contribution in [-0.4, -0.2) is 61.6 Å². The molecule has 0 unspecified atom stereocenters. The number of halogens is 1. The molecule has 2 atom stereocenters. The lowest BCUT2D eigenvalue weighted by molar-refractivity contribution is -0.162. The summed E-state index contributed by atoms with van der Waals surface area (Å²) in [6.07, 6.45) is 0. The first-order valence-corrected chi connectivity index (χ1v) is 9.17. The second-order valence-electron chi connectivity index (χ2n) is 6.35. The molecule has 0 saturated carbocycles. The number of hydrogen-bond donors (Lipinski definition) is 1. The average Bonchev–Trinajstić information content (AvgIpc) is 2.65. The van der Waals surface area contributed by atoms with Crippen LogP contribution in [0.25, 0.3) is 0 Å². The number of hydrogen-bond acceptors (Lipinski definition) is 5. The highest BCUT2D eigenvalue weighted by molar-refractivity contribution is 9.10. The molecule has 1 fully saturated rings. The first kappa shape index (κ1) is 20.4. The normalized spacial score (nSPS) is 18.3. The highest BCUT2D eigenvalue weighted by Crippen LogP contribution is 2.16. The van der Waals surface area contributed by atoms with Crippen molar-refractivity contribution < 1.29 is 23.9 Å². The molecule has 1 aromatic rings. The lowest BCUT2D eigenvalue weighted by Gasteiger charge is -2.37. The second kappa shape index (κ2) is 9.14. The van der Waals surface area contributed by atoms with Crippen LogP contribution in [0.1, 0.15) is 24.2 Å². The number of carbonyl (C=O) groups excluding carboxylic acids is 3. The van der Waals surface area contributed by atoms with Crippen molar-refractivity contribution in [3.8, 4) is 0 Å². The van der Waals surface area contributed by atoms with E-state index >= 15 is 0 Å². The van der Waals surface area contributed by atoms with Crippen LogP contribution in [0.4, 0.5) is 0 Å². The Balaban J connectivity index is 2.16. The summed E-state index contributed by atoms with van der Waals surface area (Å²) in [6.45, 7) is 4.39. The van der Waals surface area contributed by atoms with Gasteiger partial charge < -0.3 is 19.7 Å². The van der Waals surface area contributed by atoms with Crippen LogP contribution in [0.5, 0.6) is 0 Å². The fourth-order valence-corrected chi connectivity index (χ4v) is 2.98. The van der Waals surface area contributed by atoms with Gasteiger partial charge in [-0.3, -0.25) is 9.59 Å². The number of ether oxygens (including phenoxy) is 2. The van der Waals surface area contributed by atoms with E-state index in [1.54, 1.807) is 24.3 Å². The van der Waals surface area contributed by atoms with E-state index in [0.29, 0.717) is 12.2 Å². The zero-order chi connectivity index (χ0) is 19.3. The molecule has 0 bridgehead atoms. The molecule has 8 heteroatoms. The van der Waals surface area contributed by atoms with Gasteiger partial charge >= 0.3 is 5.97 Å². The van der Waals surface area contributed by atoms with Gasteiger partial charge in [0.25, 0.3) is 5.91 Å². The minimum atomic E-state index is -0.799. The van der Waals surface area contributed by atoms with Crippen molar-refractivity contribution in [2.75, 3.05) is 26.9 Å². The monoisotopic (exact) mass is 426 g/mol. The minimum absolute atomic E-state index is 0.0872. The van der Waals surface area contributed by atoms with Crippen molar-refractivity contribution in [3.05, 3.63) is 34.3 Å². The molecule has 2 amide bonds. The lowest BCUT2D eigenvalue weighted by atomic mass is 10.0. The van der Waals surface area contributed by atoms with Gasteiger partial charge in [0.2, 0.25) is 5.91 Å². The van der Waals surface area contributed by atoms with Crippen LogP contribution in [0, 0.1) is 5.92 Å². The number of carbonyl (C=O) groups is 3. The second-order valence-corrected chi connectivity index (χ2v) is 7.26. The smallest absolute Gasteiger partial charge is 0.331 e. The number of nitrogens with zero attached hydrogens (tertiary/aromatic N) is 1. The topological polar surface area (TPSA) is 84.9 Å². The molecule has 1 heterocycles. The highest BCUT2D eigenvalue weighted by Gasteiger charge is 2.38. The summed E-state index contributed by atoms with van der Waals surface area (Å²) >= 11 is 3.32. The maximum atomic E-state index is 13.0. The molecule has 1 saturated heterocycles. The molecule has 142 valence electrons. The SMILES string of the molecule is COC(=O)[C@@H]1COCCN1C(=O)[C@@H](NC(=O)c1ccc(Br)cc1)C(C)C. The third-order valence-electron chi connectivity index (χ3n) is 4.21. The molecule has 0 radical (unpaired) electrons. The number of methoxy groups -OCH3 is 1. The Morgan fingerprint density at radius 3 is 2.50 bits per heavy atom. The first-order chi connectivity index (χ1) is 12.3. The number of rotatable bonds is 5. The Morgan fingerprint density at radius 2 is 1.92 bits per heavy atom. The highest BCUT2D eigenvalue weighted by atomic mass is 79.9. The Hall–Kier alpha value is -1.93. The van der Waals surface area contributed by atoms with Gasteiger partial charge in [0.05, 0.1) is 20.3 Å². The van der Waals surface area contributed by atoms with Crippen LogP contribution < -0.4 is 5.32 Å². The van der Waals surface area contributed by atoms with Gasteiger partial charge in [0.15, 0.2) is 6.04 Å². The summed E-state index contributed by atoms with van der Waals surface area (Å²) < 4.78 is 10.9. The summed E-state index contributed by atoms with van der Waals surface area (Å²) in [5, 5.41) is 2.79. The molecule has 7 nitrogen and oxygen atoms in total. The molecule has 26 heavy (non-hydrogen) atoms. The van der Waals surface area contributed by atoms with Gasteiger partial charge in [0.1, 0.15) is 6.04 Å². The average molecular weight is 427 g/mol. The largest absolute Gasteiger partial charge is 0.467 e. The Morgan fingerprint density at radius 1 is 1.27 bits per heavy atom. The van der Waals surface area contributed by atoms with Crippen molar-refractivity contribution in [1.29, 1.82) is 0 Å². The Bertz CT molecular complexity index is 662. The van der Waals surface area contributed by atoms with E-state index in [2.05, 4.69) is 21.2 Å². The minimum Gasteiger partial charge on any atom is -0.467 e.